The molecule has 2 aromatic rings. The van der Waals surface area contributed by atoms with Crippen molar-refractivity contribution in [1.82, 2.24) is 5.32 Å². The summed E-state index contributed by atoms with van der Waals surface area (Å²) in [6, 6.07) is 11.9. The average molecular weight is 295 g/mol. The van der Waals surface area contributed by atoms with Gasteiger partial charge in [0, 0.05) is 28.9 Å². The highest BCUT2D eigenvalue weighted by atomic mass is 16.1. The first-order valence-electron chi connectivity index (χ1n) is 7.47. The molecule has 0 saturated carbocycles. The van der Waals surface area contributed by atoms with E-state index in [-0.39, 0.29) is 11.4 Å². The van der Waals surface area contributed by atoms with E-state index in [2.05, 4.69) is 5.32 Å². The number of fused-ring (bicyclic) bond motifs is 1. The summed E-state index contributed by atoms with van der Waals surface area (Å²) >= 11 is 0. The predicted molar refractivity (Wildman–Crippen MR) is 89.5 cm³/mol. The lowest BCUT2D eigenvalue weighted by molar-refractivity contribution is 0.0946. The van der Waals surface area contributed by atoms with E-state index in [1.807, 2.05) is 50.2 Å². The van der Waals surface area contributed by atoms with E-state index in [0.29, 0.717) is 17.8 Å². The molecule has 22 heavy (non-hydrogen) atoms. The molecule has 0 aromatic heterocycles. The SMILES string of the molecule is CC(C)(N)c1ccc(-c2ccc3c(c2N)CCNC3=O)cc1. The Balaban J connectivity index is 2.04. The lowest BCUT2D eigenvalue weighted by Gasteiger charge is -2.21. The maximum Gasteiger partial charge on any atom is 0.251 e. The standard InChI is InChI=1S/C18H21N3O/c1-18(2,20)12-5-3-11(4-6-12)13-7-8-15-14(16(13)19)9-10-21-17(15)22/h3-8H,9-10,19-20H2,1-2H3,(H,21,22). The third-order valence-corrected chi connectivity index (χ3v) is 4.20. The molecule has 0 aliphatic carbocycles. The van der Waals surface area contributed by atoms with Crippen LogP contribution in [0.3, 0.4) is 0 Å². The summed E-state index contributed by atoms with van der Waals surface area (Å²) in [6.07, 6.45) is 0.772. The largest absolute Gasteiger partial charge is 0.398 e. The van der Waals surface area contributed by atoms with E-state index in [0.717, 1.165) is 28.7 Å². The molecular formula is C18H21N3O. The zero-order valence-corrected chi connectivity index (χ0v) is 12.9. The van der Waals surface area contributed by atoms with Crippen molar-refractivity contribution in [3.63, 3.8) is 0 Å². The fourth-order valence-corrected chi connectivity index (χ4v) is 2.87. The molecule has 4 heteroatoms. The molecule has 0 unspecified atom stereocenters. The number of hydrogen-bond donors (Lipinski definition) is 3. The summed E-state index contributed by atoms with van der Waals surface area (Å²) in [5.74, 6) is -0.0419. The van der Waals surface area contributed by atoms with Gasteiger partial charge in [0.05, 0.1) is 0 Å². The summed E-state index contributed by atoms with van der Waals surface area (Å²) in [5.41, 5.74) is 17.5. The molecule has 1 aliphatic heterocycles. The third-order valence-electron chi connectivity index (χ3n) is 4.20. The van der Waals surface area contributed by atoms with Crippen LogP contribution in [0.5, 0.6) is 0 Å². The summed E-state index contributed by atoms with van der Waals surface area (Å²) in [5, 5.41) is 2.84. The van der Waals surface area contributed by atoms with Crippen LogP contribution in [0.2, 0.25) is 0 Å². The summed E-state index contributed by atoms with van der Waals surface area (Å²) in [7, 11) is 0. The second-order valence-electron chi connectivity index (χ2n) is 6.36. The van der Waals surface area contributed by atoms with Gasteiger partial charge in [0.25, 0.3) is 5.91 Å². The van der Waals surface area contributed by atoms with E-state index in [1.165, 1.54) is 0 Å². The number of rotatable bonds is 2. The summed E-state index contributed by atoms with van der Waals surface area (Å²) in [4.78, 5) is 11.9. The van der Waals surface area contributed by atoms with Crippen LogP contribution >= 0.6 is 0 Å². The maximum absolute atomic E-state index is 11.9. The molecule has 0 fully saturated rings. The second-order valence-corrected chi connectivity index (χ2v) is 6.36. The molecule has 2 aromatic carbocycles. The van der Waals surface area contributed by atoms with Gasteiger partial charge < -0.3 is 16.8 Å². The number of amides is 1. The van der Waals surface area contributed by atoms with Gasteiger partial charge in [0.1, 0.15) is 0 Å². The number of carbonyl (C=O) groups is 1. The van der Waals surface area contributed by atoms with Gasteiger partial charge in [-0.3, -0.25) is 4.79 Å². The number of anilines is 1. The van der Waals surface area contributed by atoms with Crippen molar-refractivity contribution in [2.45, 2.75) is 25.8 Å². The molecule has 0 saturated heterocycles. The van der Waals surface area contributed by atoms with E-state index in [9.17, 15) is 4.79 Å². The molecule has 1 amide bonds. The third kappa shape index (κ3) is 2.46. The summed E-state index contributed by atoms with van der Waals surface area (Å²) in [6.45, 7) is 4.60. The highest BCUT2D eigenvalue weighted by molar-refractivity contribution is 6.00. The lowest BCUT2D eigenvalue weighted by Crippen LogP contribution is -2.32. The van der Waals surface area contributed by atoms with Crippen molar-refractivity contribution in [2.24, 2.45) is 5.73 Å². The van der Waals surface area contributed by atoms with Gasteiger partial charge in [-0.05, 0) is 43.0 Å². The van der Waals surface area contributed by atoms with Crippen LogP contribution in [0.15, 0.2) is 36.4 Å². The Morgan fingerprint density at radius 1 is 1.05 bits per heavy atom. The first-order chi connectivity index (χ1) is 10.4. The van der Waals surface area contributed by atoms with Crippen molar-refractivity contribution in [2.75, 3.05) is 12.3 Å². The van der Waals surface area contributed by atoms with Crippen LogP contribution in [0.4, 0.5) is 5.69 Å². The van der Waals surface area contributed by atoms with Gasteiger partial charge in [-0.25, -0.2) is 0 Å². The molecule has 3 rings (SSSR count). The molecule has 4 nitrogen and oxygen atoms in total. The quantitative estimate of drug-likeness (QED) is 0.744. The zero-order valence-electron chi connectivity index (χ0n) is 12.9. The van der Waals surface area contributed by atoms with E-state index in [4.69, 9.17) is 11.5 Å². The van der Waals surface area contributed by atoms with Gasteiger partial charge >= 0.3 is 0 Å². The van der Waals surface area contributed by atoms with Crippen LogP contribution in [0.1, 0.15) is 35.3 Å². The normalized spacial score (nSPS) is 14.4. The number of hydrogen-bond acceptors (Lipinski definition) is 3. The Kier molecular flexibility index (Phi) is 3.41. The molecule has 0 spiro atoms. The minimum absolute atomic E-state index is 0.0419. The molecule has 0 atom stereocenters. The average Bonchev–Trinajstić information content (AvgIpc) is 2.48. The minimum atomic E-state index is -0.363. The van der Waals surface area contributed by atoms with Gasteiger partial charge in [-0.15, -0.1) is 0 Å². The smallest absolute Gasteiger partial charge is 0.251 e. The number of nitrogens with two attached hydrogens (primary N) is 2. The van der Waals surface area contributed by atoms with Crippen LogP contribution < -0.4 is 16.8 Å². The predicted octanol–water partition coefficient (Wildman–Crippen LogP) is 2.42. The Bertz CT molecular complexity index is 727. The Morgan fingerprint density at radius 3 is 2.32 bits per heavy atom. The monoisotopic (exact) mass is 295 g/mol. The minimum Gasteiger partial charge on any atom is -0.398 e. The fourth-order valence-electron chi connectivity index (χ4n) is 2.87. The van der Waals surface area contributed by atoms with Crippen LogP contribution in [-0.4, -0.2) is 12.5 Å². The number of nitrogen functional groups attached to an aromatic ring is 1. The van der Waals surface area contributed by atoms with Crippen molar-refractivity contribution >= 4 is 11.6 Å². The van der Waals surface area contributed by atoms with E-state index in [1.54, 1.807) is 0 Å². The lowest BCUT2D eigenvalue weighted by atomic mass is 9.90. The van der Waals surface area contributed by atoms with Crippen molar-refractivity contribution in [1.29, 1.82) is 0 Å². The Labute approximate surface area is 130 Å². The summed E-state index contributed by atoms with van der Waals surface area (Å²) < 4.78 is 0. The maximum atomic E-state index is 11.9. The van der Waals surface area contributed by atoms with E-state index < -0.39 is 0 Å². The highest BCUT2D eigenvalue weighted by Gasteiger charge is 2.21. The molecule has 0 bridgehead atoms. The second kappa shape index (κ2) is 5.14. The number of carbonyl (C=O) groups excluding carboxylic acids is 1. The van der Waals surface area contributed by atoms with Crippen molar-refractivity contribution in [3.05, 3.63) is 53.1 Å². The highest BCUT2D eigenvalue weighted by Crippen LogP contribution is 2.33. The Morgan fingerprint density at radius 2 is 1.68 bits per heavy atom. The fraction of sp³-hybridized carbons (Fsp3) is 0.278. The first-order valence-corrected chi connectivity index (χ1v) is 7.47. The van der Waals surface area contributed by atoms with Gasteiger partial charge in [0.2, 0.25) is 0 Å². The molecule has 114 valence electrons. The van der Waals surface area contributed by atoms with Gasteiger partial charge in [-0.1, -0.05) is 30.3 Å². The van der Waals surface area contributed by atoms with E-state index >= 15 is 0 Å². The molecule has 0 radical (unpaired) electrons. The van der Waals surface area contributed by atoms with Crippen LogP contribution in [-0.2, 0) is 12.0 Å². The van der Waals surface area contributed by atoms with Gasteiger partial charge in [-0.2, -0.15) is 0 Å². The molecule has 1 aliphatic rings. The zero-order chi connectivity index (χ0) is 15.9. The number of benzene rings is 2. The first kappa shape index (κ1) is 14.6. The van der Waals surface area contributed by atoms with Gasteiger partial charge in [0.15, 0.2) is 0 Å². The van der Waals surface area contributed by atoms with Crippen molar-refractivity contribution < 1.29 is 4.79 Å². The molecular weight excluding hydrogens is 274 g/mol. The van der Waals surface area contributed by atoms with Crippen LogP contribution in [0.25, 0.3) is 11.1 Å². The number of nitrogens with one attached hydrogen (secondary N) is 1. The van der Waals surface area contributed by atoms with Crippen LogP contribution in [0, 0.1) is 0 Å². The van der Waals surface area contributed by atoms with Crippen molar-refractivity contribution in [3.8, 4) is 11.1 Å². The topological polar surface area (TPSA) is 81.1 Å². The molecule has 5 N–H and O–H groups in total. The molecule has 1 heterocycles. The Hall–Kier alpha value is -2.33.